The van der Waals surface area contributed by atoms with Gasteiger partial charge < -0.3 is 18.9 Å². The van der Waals surface area contributed by atoms with Gasteiger partial charge >= 0.3 is 6.36 Å². The van der Waals surface area contributed by atoms with Crippen molar-refractivity contribution in [1.82, 2.24) is 0 Å². The SMILES string of the molecule is COc1cc(S(=O)(=O)Nc2ccc(OC(F)(F)F)cc2)cc(OC)c1OC. The minimum Gasteiger partial charge on any atom is -0.493 e. The van der Waals surface area contributed by atoms with Crippen molar-refractivity contribution < 1.29 is 40.5 Å². The molecule has 0 aliphatic carbocycles. The molecule has 0 aliphatic heterocycles. The zero-order chi connectivity index (χ0) is 20.2. The number of rotatable bonds is 7. The van der Waals surface area contributed by atoms with E-state index in [-0.39, 0.29) is 27.8 Å². The molecule has 2 rings (SSSR count). The van der Waals surface area contributed by atoms with Crippen molar-refractivity contribution in [2.45, 2.75) is 11.3 Å². The summed E-state index contributed by atoms with van der Waals surface area (Å²) in [5, 5.41) is 0. The molecule has 27 heavy (non-hydrogen) atoms. The third kappa shape index (κ3) is 5.09. The number of benzene rings is 2. The molecule has 0 radical (unpaired) electrons. The fourth-order valence-corrected chi connectivity index (χ4v) is 3.24. The average molecular weight is 407 g/mol. The van der Waals surface area contributed by atoms with Gasteiger partial charge in [0.05, 0.1) is 26.2 Å². The first-order valence-corrected chi connectivity index (χ1v) is 8.76. The van der Waals surface area contributed by atoms with Gasteiger partial charge in [0.15, 0.2) is 11.5 Å². The highest BCUT2D eigenvalue weighted by molar-refractivity contribution is 7.92. The first-order valence-electron chi connectivity index (χ1n) is 7.28. The maximum Gasteiger partial charge on any atom is 0.573 e. The molecule has 0 aromatic heterocycles. The fourth-order valence-electron chi connectivity index (χ4n) is 2.15. The Bertz CT molecular complexity index is 872. The predicted molar refractivity (Wildman–Crippen MR) is 90.0 cm³/mol. The van der Waals surface area contributed by atoms with Crippen LogP contribution < -0.4 is 23.7 Å². The number of alkyl halides is 3. The number of sulfonamides is 1. The van der Waals surface area contributed by atoms with E-state index >= 15 is 0 Å². The fraction of sp³-hybridized carbons (Fsp3) is 0.250. The maximum absolute atomic E-state index is 12.6. The predicted octanol–water partition coefficient (Wildman–Crippen LogP) is 3.41. The van der Waals surface area contributed by atoms with Crippen LogP contribution in [0.5, 0.6) is 23.0 Å². The molecule has 0 saturated heterocycles. The van der Waals surface area contributed by atoms with Crippen molar-refractivity contribution in [3.63, 3.8) is 0 Å². The summed E-state index contributed by atoms with van der Waals surface area (Å²) in [5.41, 5.74) is 0.0401. The largest absolute Gasteiger partial charge is 0.573 e. The lowest BCUT2D eigenvalue weighted by atomic mass is 10.3. The van der Waals surface area contributed by atoms with E-state index in [1.54, 1.807) is 0 Å². The number of nitrogens with one attached hydrogen (secondary N) is 1. The lowest BCUT2D eigenvalue weighted by Gasteiger charge is -2.15. The monoisotopic (exact) mass is 407 g/mol. The van der Waals surface area contributed by atoms with Crippen LogP contribution in [0.2, 0.25) is 0 Å². The van der Waals surface area contributed by atoms with Crippen LogP contribution in [0.25, 0.3) is 0 Å². The van der Waals surface area contributed by atoms with Crippen LogP contribution in [0.3, 0.4) is 0 Å². The van der Waals surface area contributed by atoms with Crippen molar-refractivity contribution in [3.05, 3.63) is 36.4 Å². The van der Waals surface area contributed by atoms with Crippen LogP contribution in [0.1, 0.15) is 0 Å². The number of halogens is 3. The molecule has 11 heteroatoms. The van der Waals surface area contributed by atoms with Gasteiger partial charge in [-0.25, -0.2) is 8.42 Å². The molecule has 148 valence electrons. The Morgan fingerprint density at radius 2 is 1.41 bits per heavy atom. The van der Waals surface area contributed by atoms with Crippen LogP contribution in [-0.4, -0.2) is 36.1 Å². The molecule has 2 aromatic rings. The van der Waals surface area contributed by atoms with E-state index in [9.17, 15) is 21.6 Å². The summed E-state index contributed by atoms with van der Waals surface area (Å²) in [4.78, 5) is -0.187. The van der Waals surface area contributed by atoms with E-state index in [2.05, 4.69) is 9.46 Å². The summed E-state index contributed by atoms with van der Waals surface area (Å²) in [7, 11) is -0.0400. The van der Waals surface area contributed by atoms with E-state index in [1.807, 2.05) is 0 Å². The van der Waals surface area contributed by atoms with Crippen molar-refractivity contribution in [1.29, 1.82) is 0 Å². The Labute approximate surface area is 153 Å². The number of hydrogen-bond acceptors (Lipinski definition) is 6. The molecule has 1 N–H and O–H groups in total. The molecular weight excluding hydrogens is 391 g/mol. The lowest BCUT2D eigenvalue weighted by molar-refractivity contribution is -0.274. The molecule has 0 aliphatic rings. The zero-order valence-electron chi connectivity index (χ0n) is 14.5. The molecule has 0 atom stereocenters. The van der Waals surface area contributed by atoms with E-state index in [0.29, 0.717) is 0 Å². The molecule has 0 saturated carbocycles. The van der Waals surface area contributed by atoms with E-state index in [0.717, 1.165) is 24.3 Å². The van der Waals surface area contributed by atoms with Gasteiger partial charge in [0.1, 0.15) is 5.75 Å². The lowest BCUT2D eigenvalue weighted by Crippen LogP contribution is -2.17. The summed E-state index contributed by atoms with van der Waals surface area (Å²) < 4.78 is 83.0. The third-order valence-electron chi connectivity index (χ3n) is 3.29. The first-order chi connectivity index (χ1) is 12.6. The molecular formula is C16H16F3NO6S. The Balaban J connectivity index is 2.31. The minimum atomic E-state index is -4.84. The molecule has 0 heterocycles. The van der Waals surface area contributed by atoms with Crippen molar-refractivity contribution in [3.8, 4) is 23.0 Å². The van der Waals surface area contributed by atoms with Gasteiger partial charge in [-0.1, -0.05) is 0 Å². The second-order valence-corrected chi connectivity index (χ2v) is 6.72. The topological polar surface area (TPSA) is 83.1 Å². The normalized spacial score (nSPS) is 11.6. The molecule has 0 unspecified atom stereocenters. The van der Waals surface area contributed by atoms with Crippen molar-refractivity contribution in [2.75, 3.05) is 26.1 Å². The third-order valence-corrected chi connectivity index (χ3v) is 4.65. The van der Waals surface area contributed by atoms with E-state index in [4.69, 9.17) is 14.2 Å². The number of methoxy groups -OCH3 is 3. The molecule has 0 amide bonds. The summed E-state index contributed by atoms with van der Waals surface area (Å²) in [6.45, 7) is 0. The van der Waals surface area contributed by atoms with Crippen molar-refractivity contribution >= 4 is 15.7 Å². The van der Waals surface area contributed by atoms with Gasteiger partial charge in [0.25, 0.3) is 10.0 Å². The minimum absolute atomic E-state index is 0.0401. The average Bonchev–Trinajstić information content (AvgIpc) is 2.60. The van der Waals surface area contributed by atoms with E-state index in [1.165, 1.54) is 33.5 Å². The van der Waals surface area contributed by atoms with Crippen molar-refractivity contribution in [2.24, 2.45) is 0 Å². The maximum atomic E-state index is 12.6. The van der Waals surface area contributed by atoms with Gasteiger partial charge in [-0.15, -0.1) is 13.2 Å². The second kappa shape index (κ2) is 7.82. The molecule has 0 bridgehead atoms. The van der Waals surface area contributed by atoms with Gasteiger partial charge in [-0.05, 0) is 24.3 Å². The Kier molecular flexibility index (Phi) is 5.94. The highest BCUT2D eigenvalue weighted by Gasteiger charge is 2.31. The zero-order valence-corrected chi connectivity index (χ0v) is 15.3. The Morgan fingerprint density at radius 1 is 0.889 bits per heavy atom. The summed E-state index contributed by atoms with van der Waals surface area (Å²) in [5.74, 6) is 0.00290. The Morgan fingerprint density at radius 3 is 1.81 bits per heavy atom. The Hall–Kier alpha value is -2.82. The quantitative estimate of drug-likeness (QED) is 0.758. The van der Waals surface area contributed by atoms with Crippen LogP contribution >= 0.6 is 0 Å². The highest BCUT2D eigenvalue weighted by Crippen LogP contribution is 2.39. The molecule has 0 spiro atoms. The summed E-state index contributed by atoms with van der Waals surface area (Å²) in [6, 6.07) is 6.70. The highest BCUT2D eigenvalue weighted by atomic mass is 32.2. The van der Waals surface area contributed by atoms with Gasteiger partial charge in [0.2, 0.25) is 5.75 Å². The molecule has 0 fully saturated rings. The number of hydrogen-bond donors (Lipinski definition) is 1. The van der Waals surface area contributed by atoms with Crippen LogP contribution in [0, 0.1) is 0 Å². The number of ether oxygens (including phenoxy) is 4. The molecule has 2 aromatic carbocycles. The van der Waals surface area contributed by atoms with Gasteiger partial charge in [-0.2, -0.15) is 0 Å². The van der Waals surface area contributed by atoms with E-state index < -0.39 is 22.1 Å². The van der Waals surface area contributed by atoms with Gasteiger partial charge in [-0.3, -0.25) is 4.72 Å². The summed E-state index contributed by atoms with van der Waals surface area (Å²) in [6.07, 6.45) is -4.84. The summed E-state index contributed by atoms with van der Waals surface area (Å²) >= 11 is 0. The van der Waals surface area contributed by atoms with Crippen LogP contribution in [0.15, 0.2) is 41.3 Å². The second-order valence-electron chi connectivity index (χ2n) is 5.04. The first kappa shape index (κ1) is 20.5. The number of anilines is 1. The standard InChI is InChI=1S/C16H16F3NO6S/c1-23-13-8-12(9-14(24-2)15(13)25-3)27(21,22)20-10-4-6-11(7-5-10)26-16(17,18)19/h4-9,20H,1-3H3. The van der Waals surface area contributed by atoms with Gasteiger partial charge in [0, 0.05) is 17.8 Å². The smallest absolute Gasteiger partial charge is 0.493 e. The molecule has 7 nitrogen and oxygen atoms in total. The van der Waals surface area contributed by atoms with Crippen LogP contribution in [-0.2, 0) is 10.0 Å². The van der Waals surface area contributed by atoms with Crippen LogP contribution in [0.4, 0.5) is 18.9 Å².